The lowest BCUT2D eigenvalue weighted by Gasteiger charge is -2.20. The first-order valence-electron chi connectivity index (χ1n) is 6.63. The molecule has 0 heterocycles. The standard InChI is InChI=1S/C16H15Br2ClFN/c1-2-21-16(13-8-11(17)5-6-14(13)19)7-10-3-4-12(18)9-15(10)20/h3-6,8-9,16,21H,2,7H2,1H3. The van der Waals surface area contributed by atoms with E-state index < -0.39 is 0 Å². The summed E-state index contributed by atoms with van der Waals surface area (Å²) in [5, 5.41) is 4.06. The molecule has 0 aliphatic carbocycles. The number of likely N-dealkylation sites (N-methyl/N-ethyl adjacent to an activating group) is 1. The summed E-state index contributed by atoms with van der Waals surface area (Å²) in [5.74, 6) is -0.210. The highest BCUT2D eigenvalue weighted by atomic mass is 79.9. The van der Waals surface area contributed by atoms with Crippen LogP contribution >= 0.6 is 43.5 Å². The molecule has 1 unspecified atom stereocenters. The highest BCUT2D eigenvalue weighted by Crippen LogP contribution is 2.29. The first kappa shape index (κ1) is 16.9. The minimum Gasteiger partial charge on any atom is -0.310 e. The maximum absolute atomic E-state index is 14.0. The molecule has 0 radical (unpaired) electrons. The average Bonchev–Trinajstić information content (AvgIpc) is 2.44. The Labute approximate surface area is 146 Å². The summed E-state index contributed by atoms with van der Waals surface area (Å²) < 4.78 is 15.7. The molecule has 2 aromatic carbocycles. The van der Waals surface area contributed by atoms with Crippen molar-refractivity contribution in [2.75, 3.05) is 6.54 Å². The van der Waals surface area contributed by atoms with Crippen molar-refractivity contribution in [3.05, 3.63) is 67.3 Å². The van der Waals surface area contributed by atoms with Crippen LogP contribution in [0.25, 0.3) is 0 Å². The van der Waals surface area contributed by atoms with Crippen molar-refractivity contribution in [3.63, 3.8) is 0 Å². The van der Waals surface area contributed by atoms with Crippen LogP contribution in [0.5, 0.6) is 0 Å². The van der Waals surface area contributed by atoms with E-state index in [1.807, 2.05) is 31.2 Å². The molecule has 21 heavy (non-hydrogen) atoms. The van der Waals surface area contributed by atoms with Gasteiger partial charge in [0, 0.05) is 20.0 Å². The minimum absolute atomic E-state index is 0.0318. The maximum Gasteiger partial charge on any atom is 0.127 e. The highest BCUT2D eigenvalue weighted by Gasteiger charge is 2.17. The second kappa shape index (κ2) is 7.73. The van der Waals surface area contributed by atoms with Crippen LogP contribution in [-0.4, -0.2) is 6.54 Å². The van der Waals surface area contributed by atoms with Crippen molar-refractivity contribution in [1.82, 2.24) is 5.32 Å². The van der Waals surface area contributed by atoms with E-state index in [0.29, 0.717) is 17.0 Å². The van der Waals surface area contributed by atoms with Gasteiger partial charge in [0.2, 0.25) is 0 Å². The SMILES string of the molecule is CCNC(Cc1ccc(Br)cc1F)c1cc(Br)ccc1Cl. The number of rotatable bonds is 5. The molecule has 2 aromatic rings. The zero-order valence-corrected chi connectivity index (χ0v) is 15.4. The van der Waals surface area contributed by atoms with Crippen LogP contribution in [0.15, 0.2) is 45.3 Å². The van der Waals surface area contributed by atoms with E-state index in [1.54, 1.807) is 6.07 Å². The van der Waals surface area contributed by atoms with Crippen molar-refractivity contribution in [3.8, 4) is 0 Å². The first-order chi connectivity index (χ1) is 10.0. The molecule has 0 aromatic heterocycles. The molecule has 0 aliphatic heterocycles. The van der Waals surface area contributed by atoms with E-state index in [9.17, 15) is 4.39 Å². The topological polar surface area (TPSA) is 12.0 Å². The number of nitrogens with one attached hydrogen (secondary N) is 1. The van der Waals surface area contributed by atoms with E-state index in [2.05, 4.69) is 37.2 Å². The van der Waals surface area contributed by atoms with Crippen molar-refractivity contribution in [2.24, 2.45) is 0 Å². The lowest BCUT2D eigenvalue weighted by atomic mass is 9.98. The van der Waals surface area contributed by atoms with E-state index >= 15 is 0 Å². The van der Waals surface area contributed by atoms with Crippen molar-refractivity contribution in [2.45, 2.75) is 19.4 Å². The fourth-order valence-electron chi connectivity index (χ4n) is 2.23. The molecular formula is C16H15Br2ClFN. The van der Waals surface area contributed by atoms with E-state index in [-0.39, 0.29) is 11.9 Å². The molecule has 0 aliphatic rings. The molecule has 0 saturated heterocycles. The van der Waals surface area contributed by atoms with Gasteiger partial charge in [0.05, 0.1) is 0 Å². The summed E-state index contributed by atoms with van der Waals surface area (Å²) in [6, 6.07) is 10.8. The molecule has 1 nitrogen and oxygen atoms in total. The third kappa shape index (κ3) is 4.52. The number of benzene rings is 2. The molecule has 1 atom stereocenters. The molecule has 0 saturated carbocycles. The smallest absolute Gasteiger partial charge is 0.127 e. The monoisotopic (exact) mass is 433 g/mol. The third-order valence-corrected chi connectivity index (χ3v) is 4.55. The molecule has 0 amide bonds. The van der Waals surface area contributed by atoms with Gasteiger partial charge >= 0.3 is 0 Å². The Morgan fingerprint density at radius 3 is 2.48 bits per heavy atom. The average molecular weight is 436 g/mol. The zero-order valence-electron chi connectivity index (χ0n) is 11.5. The summed E-state index contributed by atoms with van der Waals surface area (Å²) >= 11 is 13.0. The van der Waals surface area contributed by atoms with Crippen molar-refractivity contribution < 1.29 is 4.39 Å². The van der Waals surface area contributed by atoms with Crippen LogP contribution in [0.2, 0.25) is 5.02 Å². The Morgan fingerprint density at radius 2 is 1.81 bits per heavy atom. The van der Waals surface area contributed by atoms with Gasteiger partial charge in [-0.05, 0) is 54.4 Å². The fraction of sp³-hybridized carbons (Fsp3) is 0.250. The second-order valence-electron chi connectivity index (χ2n) is 4.72. The number of hydrogen-bond donors (Lipinski definition) is 1. The normalized spacial score (nSPS) is 12.4. The van der Waals surface area contributed by atoms with Gasteiger partial charge in [0.25, 0.3) is 0 Å². The third-order valence-electron chi connectivity index (χ3n) is 3.22. The quantitative estimate of drug-likeness (QED) is 0.617. The van der Waals surface area contributed by atoms with Crippen LogP contribution in [0.1, 0.15) is 24.1 Å². The summed E-state index contributed by atoms with van der Waals surface area (Å²) in [4.78, 5) is 0. The van der Waals surface area contributed by atoms with E-state index in [1.165, 1.54) is 6.07 Å². The Balaban J connectivity index is 2.32. The lowest BCUT2D eigenvalue weighted by Crippen LogP contribution is -2.23. The first-order valence-corrected chi connectivity index (χ1v) is 8.60. The predicted molar refractivity (Wildman–Crippen MR) is 93.4 cm³/mol. The van der Waals surface area contributed by atoms with Gasteiger partial charge in [0.1, 0.15) is 5.82 Å². The van der Waals surface area contributed by atoms with Crippen LogP contribution < -0.4 is 5.32 Å². The molecule has 112 valence electrons. The molecule has 2 rings (SSSR count). The predicted octanol–water partition coefficient (Wildman–Crippen LogP) is 5.90. The molecular weight excluding hydrogens is 420 g/mol. The molecule has 5 heteroatoms. The number of hydrogen-bond acceptors (Lipinski definition) is 1. The minimum atomic E-state index is -0.210. The summed E-state index contributed by atoms with van der Waals surface area (Å²) in [7, 11) is 0. The van der Waals surface area contributed by atoms with Crippen molar-refractivity contribution >= 4 is 43.5 Å². The van der Waals surface area contributed by atoms with Gasteiger partial charge in [-0.2, -0.15) is 0 Å². The Morgan fingerprint density at radius 1 is 1.14 bits per heavy atom. The molecule has 0 bridgehead atoms. The van der Waals surface area contributed by atoms with Gasteiger partial charge in [-0.1, -0.05) is 56.5 Å². The summed E-state index contributed by atoms with van der Waals surface area (Å²) in [6.07, 6.45) is 0.545. The van der Waals surface area contributed by atoms with Crippen LogP contribution in [0.4, 0.5) is 4.39 Å². The highest BCUT2D eigenvalue weighted by molar-refractivity contribution is 9.10. The van der Waals surface area contributed by atoms with Crippen LogP contribution in [-0.2, 0) is 6.42 Å². The van der Waals surface area contributed by atoms with Gasteiger partial charge in [0.15, 0.2) is 0 Å². The maximum atomic E-state index is 14.0. The molecule has 0 fully saturated rings. The van der Waals surface area contributed by atoms with Gasteiger partial charge in [-0.15, -0.1) is 0 Å². The molecule has 1 N–H and O–H groups in total. The largest absolute Gasteiger partial charge is 0.310 e. The zero-order chi connectivity index (χ0) is 15.4. The second-order valence-corrected chi connectivity index (χ2v) is 6.95. The van der Waals surface area contributed by atoms with Crippen LogP contribution in [0.3, 0.4) is 0 Å². The Kier molecular flexibility index (Phi) is 6.23. The lowest BCUT2D eigenvalue weighted by molar-refractivity contribution is 0.527. The van der Waals surface area contributed by atoms with E-state index in [0.717, 1.165) is 21.1 Å². The van der Waals surface area contributed by atoms with Crippen LogP contribution in [0, 0.1) is 5.82 Å². The Bertz CT molecular complexity index is 634. The van der Waals surface area contributed by atoms with Gasteiger partial charge in [-0.3, -0.25) is 0 Å². The van der Waals surface area contributed by atoms with Crippen molar-refractivity contribution in [1.29, 1.82) is 0 Å². The van der Waals surface area contributed by atoms with E-state index in [4.69, 9.17) is 11.6 Å². The summed E-state index contributed by atoms with van der Waals surface area (Å²) in [5.41, 5.74) is 1.63. The summed E-state index contributed by atoms with van der Waals surface area (Å²) in [6.45, 7) is 2.81. The molecule has 0 spiro atoms. The van der Waals surface area contributed by atoms with Gasteiger partial charge < -0.3 is 5.32 Å². The fourth-order valence-corrected chi connectivity index (χ4v) is 3.19. The Hall–Kier alpha value is -0.420. The van der Waals surface area contributed by atoms with Gasteiger partial charge in [-0.25, -0.2) is 4.39 Å². The number of halogens is 4.